The summed E-state index contributed by atoms with van der Waals surface area (Å²) in [6, 6.07) is 15.6. The van der Waals surface area contributed by atoms with Crippen LogP contribution in [0, 0.1) is 13.8 Å². The van der Waals surface area contributed by atoms with Crippen molar-refractivity contribution in [2.24, 2.45) is 5.73 Å². The summed E-state index contributed by atoms with van der Waals surface area (Å²) >= 11 is 0. The molecule has 0 heterocycles. The van der Waals surface area contributed by atoms with Gasteiger partial charge < -0.3 is 11.1 Å². The molecule has 2 unspecified atom stereocenters. The van der Waals surface area contributed by atoms with Crippen LogP contribution in [-0.2, 0) is 10.3 Å². The number of amides is 1. The minimum Gasteiger partial charge on any atom is -0.348 e. The van der Waals surface area contributed by atoms with Gasteiger partial charge in [0.1, 0.15) is 5.54 Å². The lowest BCUT2D eigenvalue weighted by atomic mass is 9.91. The number of hydrogen-bond donors (Lipinski definition) is 2. The molecule has 0 aromatic heterocycles. The maximum absolute atomic E-state index is 12.6. The Balaban J connectivity index is 2.17. The molecule has 1 amide bonds. The van der Waals surface area contributed by atoms with Crippen molar-refractivity contribution in [3.05, 3.63) is 70.8 Å². The van der Waals surface area contributed by atoms with Gasteiger partial charge in [-0.1, -0.05) is 54.1 Å². The van der Waals surface area contributed by atoms with Crippen molar-refractivity contribution in [2.75, 3.05) is 0 Å². The molecular formula is C19H24N2O. The van der Waals surface area contributed by atoms with Gasteiger partial charge in [0.25, 0.3) is 0 Å². The van der Waals surface area contributed by atoms with Gasteiger partial charge in [0, 0.05) is 0 Å². The molecule has 0 radical (unpaired) electrons. The molecule has 0 aliphatic heterocycles. The number of carbonyl (C=O) groups excluding carboxylic acids is 1. The monoisotopic (exact) mass is 296 g/mol. The normalized spacial score (nSPS) is 15.0. The topological polar surface area (TPSA) is 55.1 Å². The Morgan fingerprint density at radius 2 is 1.77 bits per heavy atom. The van der Waals surface area contributed by atoms with Crippen molar-refractivity contribution in [2.45, 2.75) is 39.3 Å². The Morgan fingerprint density at radius 3 is 2.36 bits per heavy atom. The molecule has 22 heavy (non-hydrogen) atoms. The van der Waals surface area contributed by atoms with E-state index in [1.54, 1.807) is 6.92 Å². The third kappa shape index (κ3) is 3.37. The molecule has 2 aromatic rings. The number of nitrogens with one attached hydrogen (secondary N) is 1. The zero-order valence-corrected chi connectivity index (χ0v) is 13.7. The minimum absolute atomic E-state index is 0.0836. The third-order valence-electron chi connectivity index (χ3n) is 4.08. The van der Waals surface area contributed by atoms with Crippen LogP contribution in [0.1, 0.15) is 42.1 Å². The molecule has 2 rings (SSSR count). The Hall–Kier alpha value is -2.13. The number of rotatable bonds is 4. The first-order valence-corrected chi connectivity index (χ1v) is 7.55. The second-order valence-electron chi connectivity index (χ2n) is 6.12. The summed E-state index contributed by atoms with van der Waals surface area (Å²) in [5.41, 5.74) is 9.52. The molecule has 3 nitrogen and oxygen atoms in total. The van der Waals surface area contributed by atoms with E-state index in [-0.39, 0.29) is 11.9 Å². The Labute approximate surface area is 132 Å². The van der Waals surface area contributed by atoms with Crippen LogP contribution in [0.2, 0.25) is 0 Å². The highest BCUT2D eigenvalue weighted by molar-refractivity contribution is 5.87. The van der Waals surface area contributed by atoms with Gasteiger partial charge in [0.15, 0.2) is 0 Å². The van der Waals surface area contributed by atoms with E-state index >= 15 is 0 Å². The van der Waals surface area contributed by atoms with E-state index < -0.39 is 5.54 Å². The van der Waals surface area contributed by atoms with Crippen LogP contribution in [-0.4, -0.2) is 5.91 Å². The molecular weight excluding hydrogens is 272 g/mol. The van der Waals surface area contributed by atoms with Gasteiger partial charge in [0.2, 0.25) is 5.91 Å². The average Bonchev–Trinajstić information content (AvgIpc) is 2.47. The lowest BCUT2D eigenvalue weighted by Gasteiger charge is -2.27. The molecule has 0 fully saturated rings. The number of hydrogen-bond acceptors (Lipinski definition) is 2. The molecule has 2 aromatic carbocycles. The van der Waals surface area contributed by atoms with Crippen LogP contribution >= 0.6 is 0 Å². The van der Waals surface area contributed by atoms with Gasteiger partial charge in [-0.15, -0.1) is 0 Å². The molecule has 0 saturated heterocycles. The molecule has 0 bridgehead atoms. The van der Waals surface area contributed by atoms with E-state index in [2.05, 4.69) is 37.4 Å². The number of carbonyl (C=O) groups is 1. The first kappa shape index (κ1) is 16.2. The van der Waals surface area contributed by atoms with Crippen LogP contribution in [0.5, 0.6) is 0 Å². The predicted molar refractivity (Wildman–Crippen MR) is 90.5 cm³/mol. The maximum atomic E-state index is 12.6. The van der Waals surface area contributed by atoms with Crippen molar-refractivity contribution in [1.82, 2.24) is 5.32 Å². The van der Waals surface area contributed by atoms with Gasteiger partial charge in [-0.2, -0.15) is 0 Å². The van der Waals surface area contributed by atoms with Crippen LogP contribution in [0.15, 0.2) is 48.5 Å². The standard InChI is InChI=1S/C19H24N2O/c1-13-10-11-17(14(2)12-13)15(3)21-18(22)19(4,20)16-8-6-5-7-9-16/h5-12,15H,20H2,1-4H3,(H,21,22). The summed E-state index contributed by atoms with van der Waals surface area (Å²) < 4.78 is 0. The molecule has 0 aliphatic carbocycles. The fourth-order valence-electron chi connectivity index (χ4n) is 2.65. The zero-order chi connectivity index (χ0) is 16.3. The molecule has 0 saturated carbocycles. The second-order valence-corrected chi connectivity index (χ2v) is 6.12. The third-order valence-corrected chi connectivity index (χ3v) is 4.08. The van der Waals surface area contributed by atoms with E-state index in [9.17, 15) is 4.79 Å². The van der Waals surface area contributed by atoms with E-state index in [0.717, 1.165) is 11.1 Å². The van der Waals surface area contributed by atoms with Crippen LogP contribution in [0.3, 0.4) is 0 Å². The van der Waals surface area contributed by atoms with Gasteiger partial charge in [-0.05, 0) is 44.4 Å². The Morgan fingerprint density at radius 1 is 1.14 bits per heavy atom. The van der Waals surface area contributed by atoms with E-state index in [1.165, 1.54) is 11.1 Å². The van der Waals surface area contributed by atoms with Crippen molar-refractivity contribution >= 4 is 5.91 Å². The predicted octanol–water partition coefficient (Wildman–Crippen LogP) is 3.35. The van der Waals surface area contributed by atoms with Crippen molar-refractivity contribution in [3.63, 3.8) is 0 Å². The maximum Gasteiger partial charge on any atom is 0.244 e. The van der Waals surface area contributed by atoms with Crippen molar-refractivity contribution in [3.8, 4) is 0 Å². The highest BCUT2D eigenvalue weighted by Gasteiger charge is 2.31. The molecule has 0 spiro atoms. The number of aryl methyl sites for hydroxylation is 2. The smallest absolute Gasteiger partial charge is 0.244 e. The average molecular weight is 296 g/mol. The second kappa shape index (κ2) is 6.32. The highest BCUT2D eigenvalue weighted by atomic mass is 16.2. The Bertz CT molecular complexity index is 662. The van der Waals surface area contributed by atoms with Gasteiger partial charge in [-0.25, -0.2) is 0 Å². The summed E-state index contributed by atoms with van der Waals surface area (Å²) in [5, 5.41) is 3.03. The van der Waals surface area contributed by atoms with Crippen LogP contribution in [0.25, 0.3) is 0 Å². The molecule has 3 heteroatoms. The molecule has 116 valence electrons. The summed E-state index contributed by atoms with van der Waals surface area (Å²) in [7, 11) is 0. The first-order valence-electron chi connectivity index (χ1n) is 7.55. The summed E-state index contributed by atoms with van der Waals surface area (Å²) in [6.07, 6.45) is 0. The quantitative estimate of drug-likeness (QED) is 0.909. The summed E-state index contributed by atoms with van der Waals surface area (Å²) in [5.74, 6) is -0.175. The zero-order valence-electron chi connectivity index (χ0n) is 13.7. The lowest BCUT2D eigenvalue weighted by molar-refractivity contribution is -0.126. The summed E-state index contributed by atoms with van der Waals surface area (Å²) in [4.78, 5) is 12.6. The number of benzene rings is 2. The van der Waals surface area contributed by atoms with Crippen molar-refractivity contribution < 1.29 is 4.79 Å². The highest BCUT2D eigenvalue weighted by Crippen LogP contribution is 2.22. The molecule has 0 aliphatic rings. The first-order chi connectivity index (χ1) is 10.3. The van der Waals surface area contributed by atoms with Gasteiger partial charge >= 0.3 is 0 Å². The molecule has 3 N–H and O–H groups in total. The van der Waals surface area contributed by atoms with Gasteiger partial charge in [0.05, 0.1) is 6.04 Å². The summed E-state index contributed by atoms with van der Waals surface area (Å²) in [6.45, 7) is 7.85. The van der Waals surface area contributed by atoms with Gasteiger partial charge in [-0.3, -0.25) is 4.79 Å². The fraction of sp³-hybridized carbons (Fsp3) is 0.316. The Kier molecular flexibility index (Phi) is 4.67. The van der Waals surface area contributed by atoms with Crippen LogP contribution < -0.4 is 11.1 Å². The molecule has 2 atom stereocenters. The lowest BCUT2D eigenvalue weighted by Crippen LogP contribution is -2.49. The van der Waals surface area contributed by atoms with E-state index in [4.69, 9.17) is 5.73 Å². The SMILES string of the molecule is Cc1ccc(C(C)NC(=O)C(C)(N)c2ccccc2)c(C)c1. The van der Waals surface area contributed by atoms with Crippen LogP contribution in [0.4, 0.5) is 0 Å². The minimum atomic E-state index is -1.05. The van der Waals surface area contributed by atoms with E-state index in [0.29, 0.717) is 0 Å². The largest absolute Gasteiger partial charge is 0.348 e. The van der Waals surface area contributed by atoms with Crippen molar-refractivity contribution in [1.29, 1.82) is 0 Å². The fourth-order valence-corrected chi connectivity index (χ4v) is 2.65. The van der Waals surface area contributed by atoms with E-state index in [1.807, 2.05) is 37.3 Å². The number of nitrogens with two attached hydrogens (primary N) is 1.